The highest BCUT2D eigenvalue weighted by Crippen LogP contribution is 2.10. The Balaban J connectivity index is 2.97. The van der Waals surface area contributed by atoms with Gasteiger partial charge in [-0.15, -0.1) is 0 Å². The van der Waals surface area contributed by atoms with E-state index in [-0.39, 0.29) is 0 Å². The Hall–Kier alpha value is 0.410. The number of alkyl halides is 2. The van der Waals surface area contributed by atoms with Crippen LogP contribution in [0.1, 0.15) is 39.0 Å². The maximum atomic E-state index is 12.7. The molecule has 0 aromatic rings. The largest absolute Gasteiger partial charge is 0.247 e. The third-order valence-corrected chi connectivity index (χ3v) is 2.06. The minimum atomic E-state index is -0.552. The zero-order valence-electron chi connectivity index (χ0n) is 6.58. The van der Waals surface area contributed by atoms with Crippen molar-refractivity contribution < 1.29 is 4.39 Å². The van der Waals surface area contributed by atoms with Gasteiger partial charge in [0.05, 0.1) is 0 Å². The molecule has 0 rings (SSSR count). The molecule has 0 aliphatic carbocycles. The fourth-order valence-corrected chi connectivity index (χ4v) is 1.31. The van der Waals surface area contributed by atoms with E-state index in [1.165, 1.54) is 0 Å². The van der Waals surface area contributed by atoms with E-state index in [0.29, 0.717) is 0 Å². The Morgan fingerprint density at radius 2 is 2.00 bits per heavy atom. The van der Waals surface area contributed by atoms with Gasteiger partial charge in [0.25, 0.3) is 0 Å². The molecule has 0 nitrogen and oxygen atoms in total. The van der Waals surface area contributed by atoms with E-state index in [0.717, 1.165) is 37.4 Å². The van der Waals surface area contributed by atoms with Crippen LogP contribution in [-0.2, 0) is 0 Å². The molecule has 0 saturated carbocycles. The van der Waals surface area contributed by atoms with Crippen LogP contribution in [0.25, 0.3) is 0 Å². The minimum Gasteiger partial charge on any atom is -0.247 e. The van der Waals surface area contributed by atoms with Gasteiger partial charge in [0.15, 0.2) is 0 Å². The summed E-state index contributed by atoms with van der Waals surface area (Å²) in [5.74, 6) is 0. The van der Waals surface area contributed by atoms with Crippen molar-refractivity contribution in [3.63, 3.8) is 0 Å². The molecule has 0 fully saturated rings. The SMILES string of the molecule is CCCC(F)CCCCBr. The maximum absolute atomic E-state index is 12.7. The molecule has 0 spiro atoms. The number of unbranched alkanes of at least 4 members (excludes halogenated alkanes) is 1. The van der Waals surface area contributed by atoms with Crippen LogP contribution in [0.2, 0.25) is 0 Å². The molecule has 0 heterocycles. The summed E-state index contributed by atoms with van der Waals surface area (Å²) in [4.78, 5) is 0. The van der Waals surface area contributed by atoms with Gasteiger partial charge in [-0.1, -0.05) is 29.3 Å². The van der Waals surface area contributed by atoms with Crippen molar-refractivity contribution >= 4 is 15.9 Å². The van der Waals surface area contributed by atoms with E-state index >= 15 is 0 Å². The summed E-state index contributed by atoms with van der Waals surface area (Å²) in [7, 11) is 0. The van der Waals surface area contributed by atoms with Crippen molar-refractivity contribution in [1.29, 1.82) is 0 Å². The zero-order chi connectivity index (χ0) is 7.82. The molecule has 0 aromatic carbocycles. The van der Waals surface area contributed by atoms with Gasteiger partial charge in [-0.3, -0.25) is 0 Å². The van der Waals surface area contributed by atoms with Crippen LogP contribution in [-0.4, -0.2) is 11.5 Å². The summed E-state index contributed by atoms with van der Waals surface area (Å²) in [6.45, 7) is 2.02. The fraction of sp³-hybridized carbons (Fsp3) is 1.00. The van der Waals surface area contributed by atoms with Crippen molar-refractivity contribution in [2.24, 2.45) is 0 Å². The molecule has 0 amide bonds. The molecule has 1 atom stereocenters. The van der Waals surface area contributed by atoms with Gasteiger partial charge in [0.2, 0.25) is 0 Å². The van der Waals surface area contributed by atoms with Crippen LogP contribution >= 0.6 is 15.9 Å². The summed E-state index contributed by atoms with van der Waals surface area (Å²) in [5, 5.41) is 1.01. The molecule has 0 bridgehead atoms. The first kappa shape index (κ1) is 10.4. The summed E-state index contributed by atoms with van der Waals surface area (Å²) >= 11 is 3.32. The van der Waals surface area contributed by atoms with Gasteiger partial charge in [0, 0.05) is 5.33 Å². The molecule has 62 valence electrons. The smallest absolute Gasteiger partial charge is 0.100 e. The third kappa shape index (κ3) is 6.53. The van der Waals surface area contributed by atoms with Crippen LogP contribution in [0.5, 0.6) is 0 Å². The summed E-state index contributed by atoms with van der Waals surface area (Å²) in [6.07, 6.45) is 4.03. The lowest BCUT2D eigenvalue weighted by Gasteiger charge is -2.03. The van der Waals surface area contributed by atoms with Crippen molar-refractivity contribution in [1.82, 2.24) is 0 Å². The molecule has 2 heteroatoms. The molecule has 0 N–H and O–H groups in total. The maximum Gasteiger partial charge on any atom is 0.100 e. The van der Waals surface area contributed by atoms with Crippen LogP contribution in [0, 0.1) is 0 Å². The predicted molar refractivity (Wildman–Crippen MR) is 47.4 cm³/mol. The van der Waals surface area contributed by atoms with E-state index in [4.69, 9.17) is 0 Å². The average Bonchev–Trinajstić information content (AvgIpc) is 1.89. The Labute approximate surface area is 71.3 Å². The van der Waals surface area contributed by atoms with Crippen molar-refractivity contribution in [3.8, 4) is 0 Å². The van der Waals surface area contributed by atoms with Crippen molar-refractivity contribution in [2.45, 2.75) is 45.2 Å². The Bertz CT molecular complexity index is 66.3. The molecule has 0 aliphatic heterocycles. The highest BCUT2D eigenvalue weighted by Gasteiger charge is 2.02. The first-order valence-corrected chi connectivity index (χ1v) is 5.13. The quantitative estimate of drug-likeness (QED) is 0.464. The molecule has 0 aliphatic rings. The summed E-state index contributed by atoms with van der Waals surface area (Å²) in [6, 6.07) is 0. The van der Waals surface area contributed by atoms with E-state index in [9.17, 15) is 4.39 Å². The van der Waals surface area contributed by atoms with Gasteiger partial charge >= 0.3 is 0 Å². The van der Waals surface area contributed by atoms with Gasteiger partial charge < -0.3 is 0 Å². The number of halogens is 2. The van der Waals surface area contributed by atoms with Crippen LogP contribution in [0.4, 0.5) is 4.39 Å². The Morgan fingerprint density at radius 3 is 2.50 bits per heavy atom. The third-order valence-electron chi connectivity index (χ3n) is 1.50. The van der Waals surface area contributed by atoms with Gasteiger partial charge in [0.1, 0.15) is 6.17 Å². The lowest BCUT2D eigenvalue weighted by molar-refractivity contribution is 0.288. The second kappa shape index (κ2) is 7.52. The molecular weight excluding hydrogens is 195 g/mol. The molecular formula is C8H16BrF. The monoisotopic (exact) mass is 210 g/mol. The first-order chi connectivity index (χ1) is 4.81. The second-order valence-corrected chi connectivity index (χ2v) is 3.36. The lowest BCUT2D eigenvalue weighted by Crippen LogP contribution is -1.98. The van der Waals surface area contributed by atoms with E-state index in [1.807, 2.05) is 6.92 Å². The summed E-state index contributed by atoms with van der Waals surface area (Å²) in [5.41, 5.74) is 0. The average molecular weight is 211 g/mol. The van der Waals surface area contributed by atoms with Gasteiger partial charge in [-0.2, -0.15) is 0 Å². The van der Waals surface area contributed by atoms with Crippen molar-refractivity contribution in [2.75, 3.05) is 5.33 Å². The highest BCUT2D eigenvalue weighted by atomic mass is 79.9. The van der Waals surface area contributed by atoms with Crippen LogP contribution in [0.3, 0.4) is 0 Å². The standard InChI is InChI=1S/C8H16BrF/c1-2-5-8(10)6-3-4-7-9/h8H,2-7H2,1H3. The molecule has 0 radical (unpaired) electrons. The van der Waals surface area contributed by atoms with E-state index in [2.05, 4.69) is 15.9 Å². The first-order valence-electron chi connectivity index (χ1n) is 4.01. The number of hydrogen-bond acceptors (Lipinski definition) is 0. The number of rotatable bonds is 6. The topological polar surface area (TPSA) is 0 Å². The molecule has 1 unspecified atom stereocenters. The highest BCUT2D eigenvalue weighted by molar-refractivity contribution is 9.09. The minimum absolute atomic E-state index is 0.552. The van der Waals surface area contributed by atoms with Crippen LogP contribution in [0.15, 0.2) is 0 Å². The van der Waals surface area contributed by atoms with E-state index < -0.39 is 6.17 Å². The van der Waals surface area contributed by atoms with E-state index in [1.54, 1.807) is 0 Å². The van der Waals surface area contributed by atoms with Crippen molar-refractivity contribution in [3.05, 3.63) is 0 Å². The molecule has 0 saturated heterocycles. The van der Waals surface area contributed by atoms with Crippen LogP contribution < -0.4 is 0 Å². The zero-order valence-corrected chi connectivity index (χ0v) is 8.16. The fourth-order valence-electron chi connectivity index (χ4n) is 0.918. The number of hydrogen-bond donors (Lipinski definition) is 0. The summed E-state index contributed by atoms with van der Waals surface area (Å²) < 4.78 is 12.7. The molecule has 10 heavy (non-hydrogen) atoms. The lowest BCUT2D eigenvalue weighted by atomic mass is 10.1. The normalized spacial score (nSPS) is 13.5. The molecule has 0 aromatic heterocycles. The van der Waals surface area contributed by atoms with Gasteiger partial charge in [-0.25, -0.2) is 4.39 Å². The second-order valence-electron chi connectivity index (χ2n) is 2.57. The Morgan fingerprint density at radius 1 is 1.30 bits per heavy atom. The predicted octanol–water partition coefficient (Wildman–Crippen LogP) is 3.69. The van der Waals surface area contributed by atoms with Gasteiger partial charge in [-0.05, 0) is 25.7 Å². The Kier molecular flexibility index (Phi) is 7.82.